The van der Waals surface area contributed by atoms with Gasteiger partial charge in [-0.15, -0.1) is 0 Å². The van der Waals surface area contributed by atoms with Crippen molar-refractivity contribution in [3.8, 4) is 0 Å². The predicted molar refractivity (Wildman–Crippen MR) is 85.1 cm³/mol. The maximum Gasteiger partial charge on any atom is 0.275 e. The number of anilines is 1. The van der Waals surface area contributed by atoms with Crippen LogP contribution in [0.25, 0.3) is 0 Å². The average molecular weight is 303 g/mol. The minimum atomic E-state index is -0.408. The average Bonchev–Trinajstić information content (AvgIpc) is 2.47. The van der Waals surface area contributed by atoms with Crippen LogP contribution in [-0.4, -0.2) is 17.0 Å². The third kappa shape index (κ3) is 3.95. The molecule has 0 saturated heterocycles. The monoisotopic (exact) mass is 303 g/mol. The first-order valence-corrected chi connectivity index (χ1v) is 7.43. The highest BCUT2D eigenvalue weighted by Crippen LogP contribution is 2.31. The molecule has 110 valence electrons. The Hall–Kier alpha value is -2.08. The lowest BCUT2D eigenvalue weighted by atomic mass is 10.0. The van der Waals surface area contributed by atoms with E-state index in [0.717, 1.165) is 4.90 Å². The van der Waals surface area contributed by atoms with Crippen molar-refractivity contribution in [3.05, 3.63) is 52.1 Å². The molecule has 21 heavy (non-hydrogen) atoms. The molecular weight excluding hydrogens is 286 g/mol. The first-order valence-electron chi connectivity index (χ1n) is 6.61. The standard InChI is InChI=1S/C15H17N3O2S/c1-10(2)11-4-6-13(7-5-11)21-15-9-12(18(19)20)8-14(16-3)17-15/h4-10H,1-3H3,(H,16,17). The van der Waals surface area contributed by atoms with Gasteiger partial charge in [0.15, 0.2) is 0 Å². The second-order valence-electron chi connectivity index (χ2n) is 4.88. The van der Waals surface area contributed by atoms with Crippen molar-refractivity contribution >= 4 is 23.3 Å². The summed E-state index contributed by atoms with van der Waals surface area (Å²) in [7, 11) is 1.69. The Bertz CT molecular complexity index is 642. The van der Waals surface area contributed by atoms with Crippen LogP contribution in [0.5, 0.6) is 0 Å². The van der Waals surface area contributed by atoms with Crippen LogP contribution in [-0.2, 0) is 0 Å². The van der Waals surface area contributed by atoms with Crippen LogP contribution in [0.2, 0.25) is 0 Å². The molecule has 2 aromatic rings. The number of nitrogens with zero attached hydrogens (tertiary/aromatic N) is 2. The molecule has 1 N–H and O–H groups in total. The zero-order valence-electron chi connectivity index (χ0n) is 12.2. The number of benzene rings is 1. The summed E-state index contributed by atoms with van der Waals surface area (Å²) in [5.41, 5.74) is 1.30. The summed E-state index contributed by atoms with van der Waals surface area (Å²) in [6, 6.07) is 11.1. The van der Waals surface area contributed by atoms with E-state index in [4.69, 9.17) is 0 Å². The Kier molecular flexibility index (Phi) is 4.80. The van der Waals surface area contributed by atoms with Crippen LogP contribution in [0.1, 0.15) is 25.3 Å². The SMILES string of the molecule is CNc1cc([N+](=O)[O-])cc(Sc2ccc(C(C)C)cc2)n1. The van der Waals surface area contributed by atoms with E-state index in [1.54, 1.807) is 7.05 Å². The first kappa shape index (κ1) is 15.3. The van der Waals surface area contributed by atoms with Crippen molar-refractivity contribution in [1.29, 1.82) is 0 Å². The molecule has 0 unspecified atom stereocenters. The normalized spacial score (nSPS) is 10.7. The van der Waals surface area contributed by atoms with Gasteiger partial charge >= 0.3 is 0 Å². The maximum atomic E-state index is 10.9. The van der Waals surface area contributed by atoms with Crippen LogP contribution >= 0.6 is 11.8 Å². The lowest BCUT2D eigenvalue weighted by Crippen LogP contribution is -1.96. The van der Waals surface area contributed by atoms with E-state index in [9.17, 15) is 10.1 Å². The minimum absolute atomic E-state index is 0.0376. The fraction of sp³-hybridized carbons (Fsp3) is 0.267. The second kappa shape index (κ2) is 6.58. The van der Waals surface area contributed by atoms with Gasteiger partial charge < -0.3 is 5.32 Å². The van der Waals surface area contributed by atoms with Gasteiger partial charge in [-0.3, -0.25) is 10.1 Å². The van der Waals surface area contributed by atoms with Crippen LogP contribution in [0.15, 0.2) is 46.3 Å². The van der Waals surface area contributed by atoms with E-state index in [-0.39, 0.29) is 5.69 Å². The van der Waals surface area contributed by atoms with Crippen molar-refractivity contribution in [2.24, 2.45) is 0 Å². The summed E-state index contributed by atoms with van der Waals surface area (Å²) in [5.74, 6) is 0.974. The maximum absolute atomic E-state index is 10.9. The Labute approximate surface area is 127 Å². The largest absolute Gasteiger partial charge is 0.373 e. The molecule has 1 aromatic carbocycles. The van der Waals surface area contributed by atoms with Gasteiger partial charge in [-0.05, 0) is 23.6 Å². The third-order valence-corrected chi connectivity index (χ3v) is 3.95. The molecule has 0 fully saturated rings. The van der Waals surface area contributed by atoms with Gasteiger partial charge in [0.2, 0.25) is 0 Å². The van der Waals surface area contributed by atoms with E-state index in [1.807, 2.05) is 12.1 Å². The third-order valence-electron chi connectivity index (χ3n) is 3.02. The van der Waals surface area contributed by atoms with E-state index in [2.05, 4.69) is 36.3 Å². The predicted octanol–water partition coefficient (Wildman–Crippen LogP) is 4.31. The number of pyridine rings is 1. The fourth-order valence-corrected chi connectivity index (χ4v) is 2.66. The molecule has 0 bridgehead atoms. The fourth-order valence-electron chi connectivity index (χ4n) is 1.82. The van der Waals surface area contributed by atoms with Crippen LogP contribution in [0.3, 0.4) is 0 Å². The summed E-state index contributed by atoms with van der Waals surface area (Å²) in [4.78, 5) is 15.9. The van der Waals surface area contributed by atoms with Crippen molar-refractivity contribution in [2.75, 3.05) is 12.4 Å². The highest BCUT2D eigenvalue weighted by Gasteiger charge is 2.11. The zero-order valence-corrected chi connectivity index (χ0v) is 13.0. The molecule has 0 aliphatic heterocycles. The zero-order chi connectivity index (χ0) is 15.4. The highest BCUT2D eigenvalue weighted by molar-refractivity contribution is 7.99. The molecular formula is C15H17N3O2S. The number of hydrogen-bond acceptors (Lipinski definition) is 5. The van der Waals surface area contributed by atoms with Gasteiger partial charge in [-0.1, -0.05) is 37.7 Å². The van der Waals surface area contributed by atoms with Crippen molar-refractivity contribution in [2.45, 2.75) is 29.7 Å². The Balaban J connectivity index is 2.26. The molecule has 0 atom stereocenters. The van der Waals surface area contributed by atoms with E-state index < -0.39 is 4.92 Å². The molecule has 0 amide bonds. The molecule has 0 spiro atoms. The van der Waals surface area contributed by atoms with Gasteiger partial charge in [0.1, 0.15) is 10.8 Å². The van der Waals surface area contributed by atoms with Crippen molar-refractivity contribution in [1.82, 2.24) is 4.98 Å². The van der Waals surface area contributed by atoms with Gasteiger partial charge in [0.25, 0.3) is 5.69 Å². The minimum Gasteiger partial charge on any atom is -0.373 e. The van der Waals surface area contributed by atoms with Gasteiger partial charge in [0, 0.05) is 18.0 Å². The number of hydrogen-bond donors (Lipinski definition) is 1. The first-order chi connectivity index (χ1) is 9.99. The topological polar surface area (TPSA) is 68.1 Å². The summed E-state index contributed by atoms with van der Waals surface area (Å²) in [5, 5.41) is 14.4. The molecule has 0 radical (unpaired) electrons. The number of nitro groups is 1. The van der Waals surface area contributed by atoms with Crippen LogP contribution in [0.4, 0.5) is 11.5 Å². The Morgan fingerprint density at radius 3 is 2.43 bits per heavy atom. The van der Waals surface area contributed by atoms with Crippen molar-refractivity contribution < 1.29 is 4.92 Å². The molecule has 2 rings (SSSR count). The lowest BCUT2D eigenvalue weighted by Gasteiger charge is -2.07. The number of rotatable bonds is 5. The number of nitrogens with one attached hydrogen (secondary N) is 1. The molecule has 6 heteroatoms. The van der Waals surface area contributed by atoms with Gasteiger partial charge in [-0.2, -0.15) is 0 Å². The molecule has 5 nitrogen and oxygen atoms in total. The summed E-state index contributed by atoms with van der Waals surface area (Å²) in [6.45, 7) is 4.28. The van der Waals surface area contributed by atoms with Gasteiger partial charge in [0.05, 0.1) is 11.0 Å². The lowest BCUT2D eigenvalue weighted by molar-refractivity contribution is -0.385. The molecule has 0 aliphatic rings. The quantitative estimate of drug-likeness (QED) is 0.658. The van der Waals surface area contributed by atoms with Crippen LogP contribution in [0, 0.1) is 10.1 Å². The van der Waals surface area contributed by atoms with Gasteiger partial charge in [-0.25, -0.2) is 4.98 Å². The van der Waals surface area contributed by atoms with Crippen LogP contribution < -0.4 is 5.32 Å². The smallest absolute Gasteiger partial charge is 0.275 e. The van der Waals surface area contributed by atoms with Crippen molar-refractivity contribution in [3.63, 3.8) is 0 Å². The van der Waals surface area contributed by atoms with E-state index in [1.165, 1.54) is 29.5 Å². The summed E-state index contributed by atoms with van der Waals surface area (Å²) >= 11 is 1.41. The summed E-state index contributed by atoms with van der Waals surface area (Å²) < 4.78 is 0. The summed E-state index contributed by atoms with van der Waals surface area (Å²) in [6.07, 6.45) is 0. The molecule has 0 aliphatic carbocycles. The molecule has 1 heterocycles. The van der Waals surface area contributed by atoms with E-state index >= 15 is 0 Å². The Morgan fingerprint density at radius 1 is 1.24 bits per heavy atom. The Morgan fingerprint density at radius 2 is 1.90 bits per heavy atom. The molecule has 0 saturated carbocycles. The second-order valence-corrected chi connectivity index (χ2v) is 5.98. The molecule has 1 aromatic heterocycles. The van der Waals surface area contributed by atoms with E-state index in [0.29, 0.717) is 16.8 Å². The highest BCUT2D eigenvalue weighted by atomic mass is 32.2. The number of aromatic nitrogens is 1.